The van der Waals surface area contributed by atoms with Crippen LogP contribution in [0.1, 0.15) is 0 Å². The average molecular weight is 654 g/mol. The third-order valence-corrected chi connectivity index (χ3v) is 10.6. The number of hydrogen-bond donors (Lipinski definition) is 0. The molecule has 12 rings (SSSR count). The third kappa shape index (κ3) is 3.52. The standard InChI is InChI=1S/C45H27N5O/c1-2-12-28(13-3-1)49-41-27-30(23-25-40(41)50-44-43(46-45(49)50)34-17-7-11-21-42(34)51-44)48-38-20-10-6-16-33(38)35-26-29(22-24-39(35)48)47-36-18-8-4-14-31(36)32-15-5-9-19-37(32)47/h1-27H. The van der Waals surface area contributed by atoms with Crippen LogP contribution in [0, 0.1) is 0 Å². The van der Waals surface area contributed by atoms with Crippen molar-refractivity contribution in [3.8, 4) is 17.1 Å². The Hall–Kier alpha value is -7.05. The van der Waals surface area contributed by atoms with E-state index in [-0.39, 0.29) is 0 Å². The summed E-state index contributed by atoms with van der Waals surface area (Å²) in [5, 5.41) is 5.97. The predicted molar refractivity (Wildman–Crippen MR) is 208 cm³/mol. The first-order valence-electron chi connectivity index (χ1n) is 17.2. The maximum atomic E-state index is 6.46. The van der Waals surface area contributed by atoms with Gasteiger partial charge in [-0.15, -0.1) is 0 Å². The average Bonchev–Trinajstić information content (AvgIpc) is 3.97. The summed E-state index contributed by atoms with van der Waals surface area (Å²) in [6, 6.07) is 58.3. The summed E-state index contributed by atoms with van der Waals surface area (Å²) in [6.45, 7) is 0. The number of benzene rings is 7. The molecule has 5 heterocycles. The quantitative estimate of drug-likeness (QED) is 0.190. The van der Waals surface area contributed by atoms with Gasteiger partial charge in [-0.2, -0.15) is 0 Å². The molecular formula is C45H27N5O. The van der Waals surface area contributed by atoms with Gasteiger partial charge in [-0.25, -0.2) is 9.38 Å². The summed E-state index contributed by atoms with van der Waals surface area (Å²) in [6.07, 6.45) is 0. The lowest BCUT2D eigenvalue weighted by Gasteiger charge is -2.11. The van der Waals surface area contributed by atoms with E-state index in [2.05, 4.69) is 164 Å². The molecule has 238 valence electrons. The van der Waals surface area contributed by atoms with Gasteiger partial charge in [0.05, 0.1) is 33.1 Å². The molecule has 0 fully saturated rings. The predicted octanol–water partition coefficient (Wildman–Crippen LogP) is 11.4. The first-order chi connectivity index (χ1) is 25.3. The van der Waals surface area contributed by atoms with Crippen LogP contribution in [0.15, 0.2) is 168 Å². The minimum absolute atomic E-state index is 0.757. The molecule has 0 aliphatic rings. The van der Waals surface area contributed by atoms with Gasteiger partial charge in [0.15, 0.2) is 0 Å². The number of para-hydroxylation sites is 5. The highest BCUT2D eigenvalue weighted by molar-refractivity contribution is 6.12. The van der Waals surface area contributed by atoms with Crippen molar-refractivity contribution in [2.45, 2.75) is 0 Å². The lowest BCUT2D eigenvalue weighted by Crippen LogP contribution is -1.98. The Bertz CT molecular complexity index is 3320. The van der Waals surface area contributed by atoms with Crippen LogP contribution in [0.4, 0.5) is 0 Å². The monoisotopic (exact) mass is 653 g/mol. The maximum Gasteiger partial charge on any atom is 0.234 e. The number of hydrogen-bond acceptors (Lipinski definition) is 2. The van der Waals surface area contributed by atoms with E-state index in [1.807, 2.05) is 18.2 Å². The Kier molecular flexibility index (Phi) is 5.14. The molecule has 6 heteroatoms. The number of fused-ring (bicyclic) bond motifs is 13. The summed E-state index contributed by atoms with van der Waals surface area (Å²) in [7, 11) is 0. The molecule has 5 aromatic heterocycles. The van der Waals surface area contributed by atoms with Gasteiger partial charge in [-0.3, -0.25) is 4.57 Å². The molecule has 12 aromatic rings. The van der Waals surface area contributed by atoms with Crippen LogP contribution in [-0.2, 0) is 0 Å². The molecule has 6 nitrogen and oxygen atoms in total. The summed E-state index contributed by atoms with van der Waals surface area (Å²) in [5.74, 6) is 0.825. The smallest absolute Gasteiger partial charge is 0.234 e. The van der Waals surface area contributed by atoms with Crippen LogP contribution in [0.5, 0.6) is 0 Å². The second-order valence-corrected chi connectivity index (χ2v) is 13.3. The first-order valence-corrected chi connectivity index (χ1v) is 17.2. The topological polar surface area (TPSA) is 45.2 Å². The van der Waals surface area contributed by atoms with Gasteiger partial charge < -0.3 is 13.6 Å². The van der Waals surface area contributed by atoms with Gasteiger partial charge in [0, 0.05) is 44.0 Å². The van der Waals surface area contributed by atoms with Gasteiger partial charge in [0.25, 0.3) is 0 Å². The lowest BCUT2D eigenvalue weighted by atomic mass is 10.1. The molecule has 0 radical (unpaired) electrons. The van der Waals surface area contributed by atoms with Crippen molar-refractivity contribution in [2.24, 2.45) is 0 Å². The molecule has 0 aliphatic carbocycles. The van der Waals surface area contributed by atoms with E-state index in [0.717, 1.165) is 67.1 Å². The molecule has 0 saturated carbocycles. The summed E-state index contributed by atoms with van der Waals surface area (Å²) >= 11 is 0. The van der Waals surface area contributed by atoms with Crippen molar-refractivity contribution in [2.75, 3.05) is 0 Å². The fourth-order valence-corrected chi connectivity index (χ4v) is 8.42. The maximum absolute atomic E-state index is 6.46. The van der Waals surface area contributed by atoms with Crippen LogP contribution < -0.4 is 0 Å². The van der Waals surface area contributed by atoms with E-state index < -0.39 is 0 Å². The van der Waals surface area contributed by atoms with Gasteiger partial charge in [0.2, 0.25) is 11.5 Å². The Labute approximate surface area is 290 Å². The molecule has 0 bridgehead atoms. The highest BCUT2D eigenvalue weighted by Gasteiger charge is 2.23. The minimum Gasteiger partial charge on any atom is -0.437 e. The number of furan rings is 1. The summed E-state index contributed by atoms with van der Waals surface area (Å²) in [5.41, 5.74) is 12.6. The zero-order valence-electron chi connectivity index (χ0n) is 27.2. The minimum atomic E-state index is 0.757. The summed E-state index contributed by atoms with van der Waals surface area (Å²) < 4.78 is 15.6. The van der Waals surface area contributed by atoms with Crippen molar-refractivity contribution in [1.29, 1.82) is 0 Å². The van der Waals surface area contributed by atoms with Crippen molar-refractivity contribution >= 4 is 82.6 Å². The van der Waals surface area contributed by atoms with Gasteiger partial charge in [-0.05, 0) is 78.9 Å². The molecule has 0 amide bonds. The van der Waals surface area contributed by atoms with Crippen molar-refractivity contribution in [3.63, 3.8) is 0 Å². The fraction of sp³-hybridized carbons (Fsp3) is 0. The third-order valence-electron chi connectivity index (χ3n) is 10.6. The highest BCUT2D eigenvalue weighted by Crippen LogP contribution is 2.39. The molecule has 0 atom stereocenters. The number of aromatic nitrogens is 5. The number of rotatable bonds is 3. The molecule has 0 saturated heterocycles. The van der Waals surface area contributed by atoms with E-state index in [4.69, 9.17) is 9.40 Å². The Balaban J connectivity index is 1.13. The molecule has 0 unspecified atom stereocenters. The van der Waals surface area contributed by atoms with E-state index in [0.29, 0.717) is 0 Å². The molecule has 0 N–H and O–H groups in total. The molecule has 0 aliphatic heterocycles. The van der Waals surface area contributed by atoms with Gasteiger partial charge in [-0.1, -0.05) is 84.9 Å². The van der Waals surface area contributed by atoms with Gasteiger partial charge in [0.1, 0.15) is 11.1 Å². The van der Waals surface area contributed by atoms with Crippen LogP contribution in [-0.4, -0.2) is 23.1 Å². The molecule has 51 heavy (non-hydrogen) atoms. The van der Waals surface area contributed by atoms with Crippen LogP contribution >= 0.6 is 0 Å². The van der Waals surface area contributed by atoms with E-state index >= 15 is 0 Å². The van der Waals surface area contributed by atoms with Crippen LogP contribution in [0.25, 0.3) is 99.7 Å². The van der Waals surface area contributed by atoms with Crippen molar-refractivity contribution in [3.05, 3.63) is 164 Å². The fourth-order valence-electron chi connectivity index (χ4n) is 8.42. The Morgan fingerprint density at radius 1 is 0.373 bits per heavy atom. The molecule has 7 aromatic carbocycles. The van der Waals surface area contributed by atoms with E-state index in [1.165, 1.54) is 32.6 Å². The SMILES string of the molecule is c1ccc(-n2c3cc(-n4c5ccccc5c5cc(-n6c7ccccc7c7ccccc76)ccc54)ccc3n3c4oc5ccccc5c4nc23)cc1. The first kappa shape index (κ1) is 26.9. The molecular weight excluding hydrogens is 627 g/mol. The van der Waals surface area contributed by atoms with Crippen molar-refractivity contribution in [1.82, 2.24) is 23.1 Å². The van der Waals surface area contributed by atoms with Crippen LogP contribution in [0.2, 0.25) is 0 Å². The zero-order valence-corrected chi connectivity index (χ0v) is 27.2. The van der Waals surface area contributed by atoms with Gasteiger partial charge >= 0.3 is 0 Å². The van der Waals surface area contributed by atoms with Crippen molar-refractivity contribution < 1.29 is 4.42 Å². The second kappa shape index (κ2) is 9.77. The van der Waals surface area contributed by atoms with Crippen LogP contribution in [0.3, 0.4) is 0 Å². The Morgan fingerprint density at radius 2 is 0.902 bits per heavy atom. The normalized spacial score (nSPS) is 12.3. The van der Waals surface area contributed by atoms with E-state index in [1.54, 1.807) is 0 Å². The largest absolute Gasteiger partial charge is 0.437 e. The number of nitrogens with zero attached hydrogens (tertiary/aromatic N) is 5. The van der Waals surface area contributed by atoms with E-state index in [9.17, 15) is 0 Å². The highest BCUT2D eigenvalue weighted by atomic mass is 16.3. The number of imidazole rings is 2. The molecule has 0 spiro atoms. The lowest BCUT2D eigenvalue weighted by molar-refractivity contribution is 0.651. The zero-order chi connectivity index (χ0) is 33.2. The summed E-state index contributed by atoms with van der Waals surface area (Å²) in [4.78, 5) is 5.21. The Morgan fingerprint density at radius 3 is 1.59 bits per heavy atom. The second-order valence-electron chi connectivity index (χ2n) is 13.3.